The second-order valence-corrected chi connectivity index (χ2v) is 4.37. The fraction of sp³-hybridized carbons (Fsp3) is 0.500. The van der Waals surface area contributed by atoms with Crippen molar-refractivity contribution in [3.05, 3.63) is 17.8 Å². The smallest absolute Gasteiger partial charge is 0.241 e. The third kappa shape index (κ3) is 2.87. The number of rotatable bonds is 3. The van der Waals surface area contributed by atoms with Crippen molar-refractivity contribution in [2.24, 2.45) is 0 Å². The normalized spacial score (nSPS) is 15.0. The minimum atomic E-state index is 0.138. The van der Waals surface area contributed by atoms with Gasteiger partial charge in [0.1, 0.15) is 5.82 Å². The molecule has 92 valence electrons. The number of nitrogens with zero attached hydrogens (tertiary/aromatic N) is 2. The van der Waals surface area contributed by atoms with E-state index in [-0.39, 0.29) is 5.91 Å². The van der Waals surface area contributed by atoms with Crippen LogP contribution in [-0.4, -0.2) is 35.4 Å². The molecule has 2 rings (SSSR count). The van der Waals surface area contributed by atoms with E-state index in [0.29, 0.717) is 18.1 Å². The summed E-state index contributed by atoms with van der Waals surface area (Å²) in [5, 5.41) is 3.03. The molecule has 0 atom stereocenters. The summed E-state index contributed by atoms with van der Waals surface area (Å²) < 4.78 is 0. The lowest BCUT2D eigenvalue weighted by Gasteiger charge is -2.15. The highest BCUT2D eigenvalue weighted by atomic mass is 16.2. The predicted molar refractivity (Wildman–Crippen MR) is 67.7 cm³/mol. The van der Waals surface area contributed by atoms with Crippen molar-refractivity contribution in [3.63, 3.8) is 0 Å². The topological polar surface area (TPSA) is 71.2 Å². The third-order valence-electron chi connectivity index (χ3n) is 3.03. The van der Waals surface area contributed by atoms with E-state index in [1.165, 1.54) is 0 Å². The van der Waals surface area contributed by atoms with E-state index >= 15 is 0 Å². The molecule has 3 N–H and O–H groups in total. The van der Waals surface area contributed by atoms with Crippen LogP contribution in [0.4, 0.5) is 11.5 Å². The number of pyridine rings is 1. The number of nitrogens with two attached hydrogens (primary N) is 1. The van der Waals surface area contributed by atoms with Crippen molar-refractivity contribution < 1.29 is 4.79 Å². The highest BCUT2D eigenvalue weighted by Crippen LogP contribution is 2.13. The van der Waals surface area contributed by atoms with Crippen molar-refractivity contribution >= 4 is 17.4 Å². The number of nitrogens with one attached hydrogen (secondary N) is 1. The number of aromatic nitrogens is 1. The largest absolute Gasteiger partial charge is 0.397 e. The summed E-state index contributed by atoms with van der Waals surface area (Å²) >= 11 is 0. The van der Waals surface area contributed by atoms with Crippen LogP contribution in [0, 0.1) is 6.92 Å². The summed E-state index contributed by atoms with van der Waals surface area (Å²) in [6, 6.07) is 1.85. The molecule has 0 radical (unpaired) electrons. The van der Waals surface area contributed by atoms with Gasteiger partial charge in [0.25, 0.3) is 0 Å². The minimum absolute atomic E-state index is 0.138. The summed E-state index contributed by atoms with van der Waals surface area (Å²) in [6.45, 7) is 3.99. The van der Waals surface area contributed by atoms with E-state index in [2.05, 4.69) is 10.3 Å². The van der Waals surface area contributed by atoms with Gasteiger partial charge in [-0.1, -0.05) is 0 Å². The Hall–Kier alpha value is -1.78. The summed E-state index contributed by atoms with van der Waals surface area (Å²) in [5.74, 6) is 0.836. The number of nitrogen functional groups attached to an aromatic ring is 1. The molecule has 5 heteroatoms. The Kier molecular flexibility index (Phi) is 3.46. The van der Waals surface area contributed by atoms with E-state index in [9.17, 15) is 4.79 Å². The van der Waals surface area contributed by atoms with Gasteiger partial charge < -0.3 is 16.0 Å². The van der Waals surface area contributed by atoms with Crippen LogP contribution in [0.2, 0.25) is 0 Å². The molecule has 17 heavy (non-hydrogen) atoms. The van der Waals surface area contributed by atoms with Gasteiger partial charge in [0.2, 0.25) is 5.91 Å². The maximum Gasteiger partial charge on any atom is 0.241 e. The van der Waals surface area contributed by atoms with Gasteiger partial charge in [0.15, 0.2) is 0 Å². The Labute approximate surface area is 101 Å². The van der Waals surface area contributed by atoms with Crippen LogP contribution < -0.4 is 11.1 Å². The van der Waals surface area contributed by atoms with Gasteiger partial charge in [-0.15, -0.1) is 0 Å². The molecule has 1 aliphatic heterocycles. The van der Waals surface area contributed by atoms with Gasteiger partial charge >= 0.3 is 0 Å². The number of aryl methyl sites for hydroxylation is 1. The van der Waals surface area contributed by atoms with Crippen molar-refractivity contribution in [2.45, 2.75) is 19.8 Å². The van der Waals surface area contributed by atoms with Crippen LogP contribution in [0.25, 0.3) is 0 Å². The number of carbonyl (C=O) groups is 1. The summed E-state index contributed by atoms with van der Waals surface area (Å²) in [5.41, 5.74) is 7.32. The summed E-state index contributed by atoms with van der Waals surface area (Å²) in [7, 11) is 0. The summed E-state index contributed by atoms with van der Waals surface area (Å²) in [4.78, 5) is 17.8. The van der Waals surface area contributed by atoms with Crippen molar-refractivity contribution in [1.82, 2.24) is 9.88 Å². The van der Waals surface area contributed by atoms with E-state index in [4.69, 9.17) is 5.73 Å². The molecule has 5 nitrogen and oxygen atoms in total. The van der Waals surface area contributed by atoms with E-state index in [1.807, 2.05) is 17.9 Å². The Morgan fingerprint density at radius 3 is 2.88 bits per heavy atom. The number of anilines is 2. The van der Waals surface area contributed by atoms with Gasteiger partial charge in [-0.05, 0) is 31.4 Å². The van der Waals surface area contributed by atoms with Crippen LogP contribution >= 0.6 is 0 Å². The zero-order valence-electron chi connectivity index (χ0n) is 10.1. The summed E-state index contributed by atoms with van der Waals surface area (Å²) in [6.07, 6.45) is 3.84. The molecule has 0 aromatic carbocycles. The Morgan fingerprint density at radius 2 is 2.24 bits per heavy atom. The lowest BCUT2D eigenvalue weighted by molar-refractivity contribution is -0.128. The van der Waals surface area contributed by atoms with Crippen molar-refractivity contribution in [2.75, 3.05) is 30.7 Å². The molecule has 2 heterocycles. The molecule has 1 aromatic heterocycles. The Bertz CT molecular complexity index is 413. The molecule has 0 unspecified atom stereocenters. The first-order chi connectivity index (χ1) is 8.16. The SMILES string of the molecule is Cc1cc(NCC(=O)N2CCCC2)ncc1N. The van der Waals surface area contributed by atoms with Crippen molar-refractivity contribution in [1.29, 1.82) is 0 Å². The number of hydrogen-bond acceptors (Lipinski definition) is 4. The Morgan fingerprint density at radius 1 is 1.53 bits per heavy atom. The quantitative estimate of drug-likeness (QED) is 0.818. The molecule has 0 spiro atoms. The average Bonchev–Trinajstić information content (AvgIpc) is 2.84. The molecule has 1 amide bonds. The van der Waals surface area contributed by atoms with E-state index < -0.39 is 0 Å². The van der Waals surface area contributed by atoms with Crippen LogP contribution in [0.5, 0.6) is 0 Å². The molecule has 1 saturated heterocycles. The van der Waals surface area contributed by atoms with Crippen LogP contribution in [0.3, 0.4) is 0 Å². The molecule has 1 aromatic rings. The van der Waals surface area contributed by atoms with Crippen LogP contribution in [-0.2, 0) is 4.79 Å². The standard InChI is InChI=1S/C12H18N4O/c1-9-6-11(14-7-10(9)13)15-8-12(17)16-4-2-3-5-16/h6-7H,2-5,8,13H2,1H3,(H,14,15). The van der Waals surface area contributed by atoms with Gasteiger partial charge in [-0.2, -0.15) is 0 Å². The average molecular weight is 234 g/mol. The Balaban J connectivity index is 1.88. The van der Waals surface area contributed by atoms with Crippen LogP contribution in [0.1, 0.15) is 18.4 Å². The van der Waals surface area contributed by atoms with Gasteiger partial charge in [0, 0.05) is 13.1 Å². The fourth-order valence-electron chi connectivity index (χ4n) is 1.91. The van der Waals surface area contributed by atoms with Crippen LogP contribution in [0.15, 0.2) is 12.3 Å². The maximum absolute atomic E-state index is 11.8. The minimum Gasteiger partial charge on any atom is -0.397 e. The maximum atomic E-state index is 11.8. The predicted octanol–water partition coefficient (Wildman–Crippen LogP) is 1.01. The molecule has 1 aliphatic rings. The highest BCUT2D eigenvalue weighted by molar-refractivity contribution is 5.80. The molecule has 0 saturated carbocycles. The first-order valence-corrected chi connectivity index (χ1v) is 5.90. The number of likely N-dealkylation sites (tertiary alicyclic amines) is 1. The van der Waals surface area contributed by atoms with Gasteiger partial charge in [-0.25, -0.2) is 4.98 Å². The number of amides is 1. The number of hydrogen-bond donors (Lipinski definition) is 2. The second-order valence-electron chi connectivity index (χ2n) is 4.37. The monoisotopic (exact) mass is 234 g/mol. The zero-order valence-corrected chi connectivity index (χ0v) is 10.1. The molecule has 0 bridgehead atoms. The third-order valence-corrected chi connectivity index (χ3v) is 3.03. The molecule has 0 aliphatic carbocycles. The molecular weight excluding hydrogens is 216 g/mol. The lowest BCUT2D eigenvalue weighted by atomic mass is 10.2. The van der Waals surface area contributed by atoms with Crippen molar-refractivity contribution in [3.8, 4) is 0 Å². The van der Waals surface area contributed by atoms with Gasteiger partial charge in [0.05, 0.1) is 18.4 Å². The highest BCUT2D eigenvalue weighted by Gasteiger charge is 2.17. The number of carbonyl (C=O) groups excluding carboxylic acids is 1. The lowest BCUT2D eigenvalue weighted by Crippen LogP contribution is -2.33. The first kappa shape index (κ1) is 11.7. The molecule has 1 fully saturated rings. The zero-order chi connectivity index (χ0) is 12.3. The fourth-order valence-corrected chi connectivity index (χ4v) is 1.91. The first-order valence-electron chi connectivity index (χ1n) is 5.90. The molecular formula is C12H18N4O. The van der Waals surface area contributed by atoms with E-state index in [1.54, 1.807) is 6.20 Å². The van der Waals surface area contributed by atoms with E-state index in [0.717, 1.165) is 31.5 Å². The van der Waals surface area contributed by atoms with Gasteiger partial charge in [-0.3, -0.25) is 4.79 Å². The second kappa shape index (κ2) is 5.03.